The maximum atomic E-state index is 12.9. The molecule has 2 heterocycles. The van der Waals surface area contributed by atoms with Crippen LogP contribution in [0.2, 0.25) is 0 Å². The van der Waals surface area contributed by atoms with Crippen LogP contribution in [-0.2, 0) is 24.7 Å². The van der Waals surface area contributed by atoms with E-state index in [2.05, 4.69) is 10.3 Å². The second-order valence-corrected chi connectivity index (χ2v) is 13.0. The fourth-order valence-corrected chi connectivity index (χ4v) is 6.79. The van der Waals surface area contributed by atoms with Crippen LogP contribution >= 0.6 is 11.3 Å². The summed E-state index contributed by atoms with van der Waals surface area (Å²) in [6, 6.07) is 10.7. The van der Waals surface area contributed by atoms with Gasteiger partial charge in [-0.1, -0.05) is 11.3 Å². The van der Waals surface area contributed by atoms with Crippen molar-refractivity contribution in [1.82, 2.24) is 9.29 Å². The van der Waals surface area contributed by atoms with Crippen molar-refractivity contribution >= 4 is 52.5 Å². The SMILES string of the molecule is CCOc1ccc2nc(NC(=O)C3CCN(S(=O)(=O)c4ccc(S(C)(=O)=O)cc4)CC3)sc2c1. The van der Waals surface area contributed by atoms with Crippen molar-refractivity contribution < 1.29 is 26.4 Å². The molecule has 1 fully saturated rings. The number of rotatable bonds is 7. The zero-order valence-electron chi connectivity index (χ0n) is 18.7. The van der Waals surface area contributed by atoms with E-state index in [9.17, 15) is 21.6 Å². The van der Waals surface area contributed by atoms with Gasteiger partial charge in [0.2, 0.25) is 15.9 Å². The van der Waals surface area contributed by atoms with E-state index in [0.29, 0.717) is 24.6 Å². The summed E-state index contributed by atoms with van der Waals surface area (Å²) >= 11 is 1.36. The molecule has 1 aliphatic rings. The second-order valence-electron chi connectivity index (χ2n) is 7.99. The summed E-state index contributed by atoms with van der Waals surface area (Å²) < 4.78 is 56.9. The highest BCUT2D eigenvalue weighted by Gasteiger charge is 2.32. The molecule has 1 amide bonds. The van der Waals surface area contributed by atoms with Gasteiger partial charge in [-0.2, -0.15) is 4.31 Å². The van der Waals surface area contributed by atoms with Gasteiger partial charge in [0.15, 0.2) is 15.0 Å². The molecule has 0 unspecified atom stereocenters. The predicted molar refractivity (Wildman–Crippen MR) is 130 cm³/mol. The highest BCUT2D eigenvalue weighted by molar-refractivity contribution is 7.90. The van der Waals surface area contributed by atoms with Crippen LogP contribution in [0.15, 0.2) is 52.3 Å². The molecule has 0 spiro atoms. The lowest BCUT2D eigenvalue weighted by Gasteiger charge is -2.30. The van der Waals surface area contributed by atoms with E-state index in [1.54, 1.807) is 0 Å². The quantitative estimate of drug-likeness (QED) is 0.505. The molecule has 3 aromatic rings. The van der Waals surface area contributed by atoms with Gasteiger partial charge in [-0.15, -0.1) is 0 Å². The topological polar surface area (TPSA) is 123 Å². The maximum Gasteiger partial charge on any atom is 0.243 e. The number of nitrogens with one attached hydrogen (secondary N) is 1. The van der Waals surface area contributed by atoms with Crippen LogP contribution in [-0.4, -0.2) is 58.0 Å². The number of benzene rings is 2. The Kier molecular flexibility index (Phi) is 6.94. The van der Waals surface area contributed by atoms with Gasteiger partial charge in [-0.05, 0) is 62.2 Å². The molecule has 9 nitrogen and oxygen atoms in total. The summed E-state index contributed by atoms with van der Waals surface area (Å²) in [5, 5.41) is 3.36. The Labute approximate surface area is 202 Å². The van der Waals surface area contributed by atoms with Gasteiger partial charge in [0.25, 0.3) is 0 Å². The first-order valence-corrected chi connectivity index (χ1v) is 14.9. The average Bonchev–Trinajstić information content (AvgIpc) is 3.20. The van der Waals surface area contributed by atoms with Crippen molar-refractivity contribution in [2.45, 2.75) is 29.6 Å². The normalized spacial score (nSPS) is 15.9. The molecule has 1 aromatic heterocycles. The number of hydrogen-bond acceptors (Lipinski definition) is 8. The molecule has 0 radical (unpaired) electrons. The van der Waals surface area contributed by atoms with Crippen molar-refractivity contribution in [3.63, 3.8) is 0 Å². The lowest BCUT2D eigenvalue weighted by molar-refractivity contribution is -0.120. The average molecular weight is 524 g/mol. The minimum atomic E-state index is -3.77. The highest BCUT2D eigenvalue weighted by Crippen LogP contribution is 2.31. The van der Waals surface area contributed by atoms with Crippen molar-refractivity contribution in [3.05, 3.63) is 42.5 Å². The third kappa shape index (κ3) is 5.24. The molecule has 12 heteroatoms. The second kappa shape index (κ2) is 9.61. The molecule has 1 saturated heterocycles. The van der Waals surface area contributed by atoms with Crippen molar-refractivity contribution in [2.75, 3.05) is 31.3 Å². The van der Waals surface area contributed by atoms with E-state index in [-0.39, 0.29) is 34.7 Å². The molecule has 4 rings (SSSR count). The first kappa shape index (κ1) is 24.6. The summed E-state index contributed by atoms with van der Waals surface area (Å²) in [4.78, 5) is 17.3. The molecule has 1 N–H and O–H groups in total. The van der Waals surface area contributed by atoms with Crippen LogP contribution in [0.25, 0.3) is 10.2 Å². The minimum absolute atomic E-state index is 0.0312. The fraction of sp³-hybridized carbons (Fsp3) is 0.364. The van der Waals surface area contributed by atoms with E-state index < -0.39 is 19.9 Å². The van der Waals surface area contributed by atoms with E-state index in [0.717, 1.165) is 22.2 Å². The number of sulfonamides is 1. The van der Waals surface area contributed by atoms with Gasteiger partial charge in [-0.25, -0.2) is 21.8 Å². The smallest absolute Gasteiger partial charge is 0.243 e. The zero-order chi connectivity index (χ0) is 24.5. The number of aromatic nitrogens is 1. The highest BCUT2D eigenvalue weighted by atomic mass is 32.2. The van der Waals surface area contributed by atoms with Crippen LogP contribution in [0.5, 0.6) is 5.75 Å². The van der Waals surface area contributed by atoms with Crippen molar-refractivity contribution in [1.29, 1.82) is 0 Å². The van der Waals surface area contributed by atoms with Crippen LogP contribution in [0.1, 0.15) is 19.8 Å². The Morgan fingerprint density at radius 2 is 1.74 bits per heavy atom. The number of fused-ring (bicyclic) bond motifs is 1. The number of carbonyl (C=O) groups excluding carboxylic acids is 1. The van der Waals surface area contributed by atoms with Crippen molar-refractivity contribution in [3.8, 4) is 5.75 Å². The number of anilines is 1. The Balaban J connectivity index is 1.38. The molecule has 0 aliphatic carbocycles. The van der Waals surface area contributed by atoms with Gasteiger partial charge >= 0.3 is 0 Å². The lowest BCUT2D eigenvalue weighted by atomic mass is 9.97. The standard InChI is InChI=1S/C22H25N3O6S3/c1-3-31-16-4-9-19-20(14-16)32-22(23-19)24-21(26)15-10-12-25(13-11-15)34(29,30)18-7-5-17(6-8-18)33(2,27)28/h4-9,14-15H,3,10-13H2,1-2H3,(H,23,24,26). The van der Waals surface area contributed by atoms with Gasteiger partial charge in [-0.3, -0.25) is 4.79 Å². The lowest BCUT2D eigenvalue weighted by Crippen LogP contribution is -2.41. The Hall–Kier alpha value is -2.54. The summed E-state index contributed by atoms with van der Waals surface area (Å²) in [6.45, 7) is 2.87. The zero-order valence-corrected chi connectivity index (χ0v) is 21.2. The van der Waals surface area contributed by atoms with Gasteiger partial charge in [0, 0.05) is 25.3 Å². The van der Waals surface area contributed by atoms with E-state index >= 15 is 0 Å². The number of piperidine rings is 1. The van der Waals surface area contributed by atoms with Gasteiger partial charge in [0.05, 0.1) is 26.6 Å². The van der Waals surface area contributed by atoms with Gasteiger partial charge in [0.1, 0.15) is 5.75 Å². The summed E-state index contributed by atoms with van der Waals surface area (Å²) in [7, 11) is -7.18. The number of hydrogen-bond donors (Lipinski definition) is 1. The predicted octanol–water partition coefficient (Wildman–Crippen LogP) is 3.14. The van der Waals surface area contributed by atoms with E-state index in [4.69, 9.17) is 4.74 Å². The molecule has 182 valence electrons. The molecule has 0 bridgehead atoms. The van der Waals surface area contributed by atoms with Gasteiger partial charge < -0.3 is 10.1 Å². The molecule has 1 aliphatic heterocycles. The molecule has 2 aromatic carbocycles. The largest absolute Gasteiger partial charge is 0.494 e. The number of sulfone groups is 1. The summed E-state index contributed by atoms with van der Waals surface area (Å²) in [6.07, 6.45) is 1.83. The minimum Gasteiger partial charge on any atom is -0.494 e. The third-order valence-electron chi connectivity index (χ3n) is 5.62. The Morgan fingerprint density at radius 3 is 2.35 bits per heavy atom. The van der Waals surface area contributed by atoms with Crippen LogP contribution in [0.4, 0.5) is 5.13 Å². The first-order valence-electron chi connectivity index (χ1n) is 10.7. The Morgan fingerprint density at radius 1 is 1.09 bits per heavy atom. The number of nitrogens with zero attached hydrogens (tertiary/aromatic N) is 2. The fourth-order valence-electron chi connectivity index (χ4n) is 3.79. The number of amides is 1. The molecular formula is C22H25N3O6S3. The molecular weight excluding hydrogens is 498 g/mol. The number of ether oxygens (including phenoxy) is 1. The van der Waals surface area contributed by atoms with Crippen LogP contribution in [0.3, 0.4) is 0 Å². The van der Waals surface area contributed by atoms with Crippen LogP contribution < -0.4 is 10.1 Å². The molecule has 0 saturated carbocycles. The Bertz CT molecular complexity index is 1410. The monoisotopic (exact) mass is 523 g/mol. The third-order valence-corrected chi connectivity index (χ3v) is 9.59. The summed E-state index contributed by atoms with van der Waals surface area (Å²) in [5.74, 6) is 0.236. The summed E-state index contributed by atoms with van der Waals surface area (Å²) in [5.41, 5.74) is 0.770. The number of thiazole rings is 1. The van der Waals surface area contributed by atoms with Crippen molar-refractivity contribution in [2.24, 2.45) is 5.92 Å². The molecule has 34 heavy (non-hydrogen) atoms. The molecule has 0 atom stereocenters. The van der Waals surface area contributed by atoms with Crippen LogP contribution in [0, 0.1) is 5.92 Å². The van der Waals surface area contributed by atoms with E-state index in [1.165, 1.54) is 39.9 Å². The number of carbonyl (C=O) groups is 1. The maximum absolute atomic E-state index is 12.9. The van der Waals surface area contributed by atoms with E-state index in [1.807, 2.05) is 25.1 Å². The first-order chi connectivity index (χ1) is 16.1.